The molecule has 23 nitrogen and oxygen atoms in total. The zero-order valence-electron chi connectivity index (χ0n) is 34.2. The van der Waals surface area contributed by atoms with Crippen LogP contribution in [0.5, 0.6) is 0 Å². The summed E-state index contributed by atoms with van der Waals surface area (Å²) in [6, 6.07) is 11.9. The minimum absolute atomic E-state index is 0.0108. The molecule has 0 saturated heterocycles. The number of benzene rings is 2. The number of fused-ring (bicyclic) bond motifs is 1. The minimum atomic E-state index is -4.17. The first-order valence-electron chi connectivity index (χ1n) is 19.1. The number of hydrogen-bond acceptors (Lipinski definition) is 18. The molecule has 1 unspecified atom stereocenters. The number of rotatable bonds is 25. The van der Waals surface area contributed by atoms with Crippen LogP contribution in [-0.2, 0) is 52.4 Å². The number of phosphoric acid groups is 2. The van der Waals surface area contributed by atoms with Gasteiger partial charge in [0.15, 0.2) is 11.2 Å². The third-order valence-corrected chi connectivity index (χ3v) is 11.3. The van der Waals surface area contributed by atoms with Crippen LogP contribution in [0.4, 0.5) is 17.3 Å². The van der Waals surface area contributed by atoms with E-state index in [9.17, 15) is 38.2 Å². The maximum Gasteiger partial charge on any atom is 0.475 e. The van der Waals surface area contributed by atoms with Crippen molar-refractivity contribution in [1.29, 1.82) is 0 Å². The zero-order valence-corrected chi connectivity index (χ0v) is 35.9. The van der Waals surface area contributed by atoms with Crippen LogP contribution in [0.2, 0.25) is 0 Å². The molecular formula is C37H47N9O14P2. The number of nitrogens with two attached hydrogens (primary N) is 1. The quantitative estimate of drug-likeness (QED) is 0.0394. The third-order valence-electron chi connectivity index (χ3n) is 7.95. The Hall–Kier alpha value is -5.77. The summed E-state index contributed by atoms with van der Waals surface area (Å²) in [7, 11) is -8.23. The third kappa shape index (κ3) is 14.7. The van der Waals surface area contributed by atoms with Gasteiger partial charge in [-0.25, -0.2) is 28.9 Å². The molecule has 25 heteroatoms. The van der Waals surface area contributed by atoms with E-state index in [1.165, 1.54) is 36.5 Å². The molecule has 62 heavy (non-hydrogen) atoms. The van der Waals surface area contributed by atoms with Crippen LogP contribution < -0.4 is 27.2 Å². The van der Waals surface area contributed by atoms with Gasteiger partial charge in [-0.3, -0.25) is 51.3 Å². The summed E-state index contributed by atoms with van der Waals surface area (Å²) in [5, 5.41) is 18.0. The number of aliphatic carboxylic acids is 1. The summed E-state index contributed by atoms with van der Waals surface area (Å²) in [5.41, 5.74) is 5.60. The van der Waals surface area contributed by atoms with Crippen LogP contribution in [0.25, 0.3) is 11.2 Å². The summed E-state index contributed by atoms with van der Waals surface area (Å²) >= 11 is 0. The highest BCUT2D eigenvalue weighted by Crippen LogP contribution is 2.52. The molecule has 0 aliphatic rings. The van der Waals surface area contributed by atoms with E-state index < -0.39 is 76.2 Å². The highest BCUT2D eigenvalue weighted by atomic mass is 31.2. The lowest BCUT2D eigenvalue weighted by Crippen LogP contribution is -2.36. The van der Waals surface area contributed by atoms with Gasteiger partial charge in [0, 0.05) is 30.6 Å². The van der Waals surface area contributed by atoms with E-state index in [0.29, 0.717) is 11.4 Å². The van der Waals surface area contributed by atoms with Gasteiger partial charge in [0.1, 0.15) is 11.8 Å². The fraction of sp³-hybridized carbons (Fsp3) is 0.378. The fourth-order valence-corrected chi connectivity index (χ4v) is 7.77. The van der Waals surface area contributed by atoms with E-state index in [0.717, 1.165) is 0 Å². The van der Waals surface area contributed by atoms with Crippen LogP contribution in [-0.4, -0.2) is 100 Å². The van der Waals surface area contributed by atoms with Crippen LogP contribution in [0, 0.1) is 0 Å². The molecule has 0 fully saturated rings. The molecule has 2 heterocycles. The Balaban J connectivity index is 1.37. The SMILES string of the molecule is CCOP(=O)(OCC)OCC(CNC(=O)c1ccccc1NC(=O)CCC(=NC(=O)c1ccc(NCc2cnc3nc(N)[nH]c(=O)c3n2)cc1)C(=O)O)OP(=O)(OCC)OCC. The number of nitrogen functional groups attached to an aromatic ring is 1. The number of H-pyrrole nitrogens is 1. The first-order valence-corrected chi connectivity index (χ1v) is 22.0. The van der Waals surface area contributed by atoms with E-state index in [-0.39, 0.29) is 73.4 Å². The maximum atomic E-state index is 13.4. The fourth-order valence-electron chi connectivity index (χ4n) is 5.24. The van der Waals surface area contributed by atoms with Crippen molar-refractivity contribution in [3.05, 3.63) is 81.9 Å². The standard InChI is InChI=1S/C37H47N9O14P2/c1-5-55-61(53,56-6-2)59-22-26(60-62(54,57-7-3)58-8-4)21-41-34(49)27-11-9-10-12-28(27)43-30(47)18-17-29(36(51)52)44-33(48)23-13-15-24(16-14-23)39-19-25-20-40-32-31(42-25)35(50)46-37(38)45-32/h9-16,20,26,39H,5-8,17-19,21-22H2,1-4H3,(H,41,49)(H,43,47)(H,51,52)(H3,38,40,45,46,50). The Kier molecular flexibility index (Phi) is 18.5. The molecule has 0 spiro atoms. The van der Waals surface area contributed by atoms with Crippen LogP contribution in [0.15, 0.2) is 64.5 Å². The van der Waals surface area contributed by atoms with Crippen molar-refractivity contribution in [1.82, 2.24) is 25.3 Å². The Bertz CT molecular complexity index is 2380. The number of amides is 3. The number of carboxylic acid groups (broad SMARTS) is 1. The highest BCUT2D eigenvalue weighted by molar-refractivity contribution is 7.48. The summed E-state index contributed by atoms with van der Waals surface area (Å²) in [5.74, 6) is -3.90. The maximum absolute atomic E-state index is 13.4. The van der Waals surface area contributed by atoms with Gasteiger partial charge in [0.05, 0.1) is 62.7 Å². The van der Waals surface area contributed by atoms with E-state index in [1.54, 1.807) is 45.9 Å². The number of anilines is 3. The van der Waals surface area contributed by atoms with E-state index in [2.05, 4.69) is 40.9 Å². The number of nitrogens with one attached hydrogen (secondary N) is 4. The van der Waals surface area contributed by atoms with Crippen molar-refractivity contribution < 1.29 is 60.6 Å². The summed E-state index contributed by atoms with van der Waals surface area (Å²) < 4.78 is 57.8. The second kappa shape index (κ2) is 23.4. The Labute approximate surface area is 354 Å². The van der Waals surface area contributed by atoms with Crippen molar-refractivity contribution >= 4 is 73.5 Å². The second-order valence-corrected chi connectivity index (χ2v) is 15.8. The molecule has 0 bridgehead atoms. The number of carbonyl (C=O) groups is 4. The van der Waals surface area contributed by atoms with E-state index >= 15 is 0 Å². The number of aromatic amines is 1. The van der Waals surface area contributed by atoms with Crippen molar-refractivity contribution in [2.75, 3.05) is 55.9 Å². The largest absolute Gasteiger partial charge is 0.477 e. The van der Waals surface area contributed by atoms with Gasteiger partial charge in [-0.05, 0) is 64.1 Å². The lowest BCUT2D eigenvalue weighted by atomic mass is 10.1. The van der Waals surface area contributed by atoms with Crippen LogP contribution >= 0.6 is 15.6 Å². The minimum Gasteiger partial charge on any atom is -0.477 e. The summed E-state index contributed by atoms with van der Waals surface area (Å²) in [4.78, 5) is 81.9. The van der Waals surface area contributed by atoms with Gasteiger partial charge in [0.25, 0.3) is 17.4 Å². The zero-order chi connectivity index (χ0) is 45.3. The number of carboxylic acids is 1. The molecule has 4 rings (SSSR count). The summed E-state index contributed by atoms with van der Waals surface area (Å²) in [6.45, 7) is 5.41. The monoisotopic (exact) mass is 903 g/mol. The van der Waals surface area contributed by atoms with Crippen LogP contribution in [0.1, 0.15) is 66.9 Å². The smallest absolute Gasteiger partial charge is 0.475 e. The molecule has 334 valence electrons. The predicted octanol–water partition coefficient (Wildman–Crippen LogP) is 4.49. The normalized spacial score (nSPS) is 12.5. The summed E-state index contributed by atoms with van der Waals surface area (Å²) in [6.07, 6.45) is -0.712. The molecule has 0 aliphatic heterocycles. The Morgan fingerprint density at radius 1 is 0.871 bits per heavy atom. The number of aliphatic imine (C=N–C) groups is 1. The van der Waals surface area contributed by atoms with Gasteiger partial charge >= 0.3 is 21.6 Å². The molecule has 2 aromatic carbocycles. The van der Waals surface area contributed by atoms with Crippen molar-refractivity contribution in [2.45, 2.75) is 53.2 Å². The van der Waals surface area contributed by atoms with Crippen LogP contribution in [0.3, 0.4) is 0 Å². The number of hydrogen-bond donors (Lipinski definition) is 6. The number of phosphoric ester groups is 2. The number of aromatic nitrogens is 4. The number of carbonyl (C=O) groups excluding carboxylic acids is 3. The van der Waals surface area contributed by atoms with Gasteiger partial charge in [-0.1, -0.05) is 12.1 Å². The first kappa shape index (κ1) is 48.9. The molecule has 7 N–H and O–H groups in total. The van der Waals surface area contributed by atoms with Gasteiger partial charge in [0.2, 0.25) is 11.9 Å². The molecule has 3 amide bonds. The van der Waals surface area contributed by atoms with Gasteiger partial charge in [-0.15, -0.1) is 0 Å². The Morgan fingerprint density at radius 2 is 1.52 bits per heavy atom. The van der Waals surface area contributed by atoms with E-state index in [4.69, 9.17) is 32.9 Å². The lowest BCUT2D eigenvalue weighted by Gasteiger charge is -2.25. The molecule has 1 atom stereocenters. The van der Waals surface area contributed by atoms with Gasteiger partial charge in [-0.2, -0.15) is 4.98 Å². The molecule has 0 aliphatic carbocycles. The van der Waals surface area contributed by atoms with E-state index in [1.807, 2.05) is 0 Å². The average molecular weight is 904 g/mol. The average Bonchev–Trinajstić information content (AvgIpc) is 3.23. The molecule has 2 aromatic heterocycles. The number of nitrogens with zero attached hydrogens (tertiary/aromatic N) is 4. The van der Waals surface area contributed by atoms with Crippen molar-refractivity contribution in [2.24, 2.45) is 4.99 Å². The van der Waals surface area contributed by atoms with Crippen molar-refractivity contribution in [3.63, 3.8) is 0 Å². The molecule has 0 radical (unpaired) electrons. The molecule has 0 saturated carbocycles. The second-order valence-electron chi connectivity index (χ2n) is 12.5. The highest BCUT2D eigenvalue weighted by Gasteiger charge is 2.34. The molecular weight excluding hydrogens is 856 g/mol. The first-order chi connectivity index (χ1) is 29.6. The lowest BCUT2D eigenvalue weighted by molar-refractivity contribution is -0.129. The molecule has 4 aromatic rings. The number of para-hydroxylation sites is 1. The predicted molar refractivity (Wildman–Crippen MR) is 225 cm³/mol. The Morgan fingerprint density at radius 3 is 2.16 bits per heavy atom. The topological polar surface area (TPSA) is 324 Å². The van der Waals surface area contributed by atoms with Gasteiger partial charge < -0.3 is 26.8 Å². The van der Waals surface area contributed by atoms with Crippen molar-refractivity contribution in [3.8, 4) is 0 Å².